The van der Waals surface area contributed by atoms with Gasteiger partial charge in [0.1, 0.15) is 0 Å². The fourth-order valence-corrected chi connectivity index (χ4v) is 3.55. The van der Waals surface area contributed by atoms with E-state index in [1.807, 2.05) is 0 Å². The molecule has 1 aliphatic rings. The number of carbonyl (C=O) groups is 2. The Bertz CT molecular complexity index is 707. The highest BCUT2D eigenvalue weighted by molar-refractivity contribution is 7.12. The van der Waals surface area contributed by atoms with E-state index in [0.29, 0.717) is 0 Å². The van der Waals surface area contributed by atoms with Crippen LogP contribution < -0.4 is 10.6 Å². The summed E-state index contributed by atoms with van der Waals surface area (Å²) in [6.07, 6.45) is 4.33. The predicted molar refractivity (Wildman–Crippen MR) is 79.8 cm³/mol. The van der Waals surface area contributed by atoms with Crippen molar-refractivity contribution in [3.63, 3.8) is 0 Å². The van der Waals surface area contributed by atoms with Crippen LogP contribution in [0, 0.1) is 0 Å². The number of aryl methyl sites for hydroxylation is 1. The van der Waals surface area contributed by atoms with Gasteiger partial charge in [-0.3, -0.25) is 9.59 Å². The molecule has 0 saturated carbocycles. The van der Waals surface area contributed by atoms with E-state index >= 15 is 0 Å². The first-order valence-electron chi connectivity index (χ1n) is 7.11. The third kappa shape index (κ3) is 2.87. The van der Waals surface area contributed by atoms with Crippen molar-refractivity contribution in [3.05, 3.63) is 33.1 Å². The van der Waals surface area contributed by atoms with Gasteiger partial charge >= 0.3 is 0 Å². The lowest BCUT2D eigenvalue weighted by molar-refractivity contribution is 0.0940. The van der Waals surface area contributed by atoms with Crippen LogP contribution in [0.5, 0.6) is 0 Å². The third-order valence-corrected chi connectivity index (χ3v) is 4.68. The second-order valence-electron chi connectivity index (χ2n) is 5.05. The van der Waals surface area contributed by atoms with Gasteiger partial charge in [-0.15, -0.1) is 11.3 Å². The number of fused-ring (bicyclic) bond motifs is 1. The highest BCUT2D eigenvalue weighted by atomic mass is 32.1. The molecule has 2 heterocycles. The Morgan fingerprint density at radius 3 is 2.95 bits per heavy atom. The van der Waals surface area contributed by atoms with E-state index in [9.17, 15) is 9.59 Å². The number of nitrogens with zero attached hydrogens (tertiary/aromatic N) is 2. The zero-order valence-corrected chi connectivity index (χ0v) is 13.0. The molecular formula is C14H16N4O3S. The topological polar surface area (TPSA) is 97.1 Å². The SMILES string of the molecule is CNC(=O)c1noc(CNC(=O)c2scc3c2CCCC3)n1. The monoisotopic (exact) mass is 320 g/mol. The van der Waals surface area contributed by atoms with E-state index in [1.54, 1.807) is 0 Å². The second-order valence-corrected chi connectivity index (χ2v) is 5.93. The van der Waals surface area contributed by atoms with Crippen LogP contribution in [0.1, 0.15) is 50.1 Å². The van der Waals surface area contributed by atoms with E-state index in [4.69, 9.17) is 4.52 Å². The lowest BCUT2D eigenvalue weighted by Gasteiger charge is -2.12. The molecule has 7 nitrogen and oxygen atoms in total. The maximum atomic E-state index is 12.3. The first-order valence-corrected chi connectivity index (χ1v) is 7.99. The number of nitrogens with one attached hydrogen (secondary N) is 2. The summed E-state index contributed by atoms with van der Waals surface area (Å²) >= 11 is 1.48. The summed E-state index contributed by atoms with van der Waals surface area (Å²) in [4.78, 5) is 28.3. The number of rotatable bonds is 4. The van der Waals surface area contributed by atoms with Crippen LogP contribution in [0.4, 0.5) is 0 Å². The summed E-state index contributed by atoms with van der Waals surface area (Å²) in [6.45, 7) is 0.107. The molecule has 0 radical (unpaired) electrons. The van der Waals surface area contributed by atoms with Crippen LogP contribution >= 0.6 is 11.3 Å². The largest absolute Gasteiger partial charge is 0.352 e. The van der Waals surface area contributed by atoms with Gasteiger partial charge in [0.2, 0.25) is 5.89 Å². The average Bonchev–Trinajstić information content (AvgIpc) is 3.18. The minimum atomic E-state index is -0.423. The van der Waals surface area contributed by atoms with Gasteiger partial charge < -0.3 is 15.2 Å². The van der Waals surface area contributed by atoms with Crippen LogP contribution in [-0.2, 0) is 19.4 Å². The van der Waals surface area contributed by atoms with Gasteiger partial charge in [-0.2, -0.15) is 4.98 Å². The second kappa shape index (κ2) is 6.27. The van der Waals surface area contributed by atoms with Crippen molar-refractivity contribution < 1.29 is 14.1 Å². The normalized spacial score (nSPS) is 13.5. The number of carbonyl (C=O) groups excluding carboxylic acids is 2. The zero-order chi connectivity index (χ0) is 15.5. The first kappa shape index (κ1) is 14.7. The lowest BCUT2D eigenvalue weighted by Crippen LogP contribution is -2.24. The van der Waals surface area contributed by atoms with E-state index in [-0.39, 0.29) is 24.2 Å². The zero-order valence-electron chi connectivity index (χ0n) is 12.1. The van der Waals surface area contributed by atoms with Gasteiger partial charge in [-0.25, -0.2) is 0 Å². The summed E-state index contributed by atoms with van der Waals surface area (Å²) in [5.74, 6) is -0.390. The Morgan fingerprint density at radius 2 is 2.14 bits per heavy atom. The molecule has 2 aromatic rings. The predicted octanol–water partition coefficient (Wildman–Crippen LogP) is 1.30. The Balaban J connectivity index is 1.64. The molecule has 2 amide bonds. The Labute approximate surface area is 131 Å². The summed E-state index contributed by atoms with van der Waals surface area (Å²) in [5.41, 5.74) is 2.46. The highest BCUT2D eigenvalue weighted by Gasteiger charge is 2.21. The number of thiophene rings is 1. The van der Waals surface area contributed by atoms with Gasteiger partial charge in [-0.05, 0) is 42.2 Å². The highest BCUT2D eigenvalue weighted by Crippen LogP contribution is 2.29. The molecule has 0 spiro atoms. The average molecular weight is 320 g/mol. The number of hydrogen-bond acceptors (Lipinski definition) is 6. The standard InChI is InChI=1S/C14H16N4O3S/c1-15-14(20)12-17-10(21-18-12)6-16-13(19)11-9-5-3-2-4-8(9)7-22-11/h7H,2-6H2,1H3,(H,15,20)(H,16,19). The van der Waals surface area contributed by atoms with Crippen molar-refractivity contribution in [1.82, 2.24) is 20.8 Å². The Morgan fingerprint density at radius 1 is 1.32 bits per heavy atom. The van der Waals surface area contributed by atoms with Crippen LogP contribution in [-0.4, -0.2) is 29.0 Å². The third-order valence-electron chi connectivity index (χ3n) is 3.61. The molecule has 0 atom stereocenters. The van der Waals surface area contributed by atoms with E-state index in [1.165, 1.54) is 35.9 Å². The lowest BCUT2D eigenvalue weighted by atomic mass is 9.94. The van der Waals surface area contributed by atoms with Gasteiger partial charge in [-0.1, -0.05) is 5.16 Å². The van der Waals surface area contributed by atoms with Gasteiger partial charge in [0.15, 0.2) is 0 Å². The van der Waals surface area contributed by atoms with Crippen LogP contribution in [0.25, 0.3) is 0 Å². The summed E-state index contributed by atoms with van der Waals surface area (Å²) in [5, 5.41) is 10.8. The van der Waals surface area contributed by atoms with E-state index in [0.717, 1.165) is 24.1 Å². The van der Waals surface area contributed by atoms with Gasteiger partial charge in [0.25, 0.3) is 17.6 Å². The summed E-state index contributed by atoms with van der Waals surface area (Å²) < 4.78 is 4.93. The molecular weight excluding hydrogens is 304 g/mol. The van der Waals surface area contributed by atoms with Crippen LogP contribution in [0.3, 0.4) is 0 Å². The van der Waals surface area contributed by atoms with Crippen molar-refractivity contribution in [2.45, 2.75) is 32.2 Å². The number of hydrogen-bond donors (Lipinski definition) is 2. The van der Waals surface area contributed by atoms with Crippen LogP contribution in [0.2, 0.25) is 0 Å². The van der Waals surface area contributed by atoms with Crippen molar-refractivity contribution in [3.8, 4) is 0 Å². The molecule has 2 N–H and O–H groups in total. The minimum absolute atomic E-state index is 0.0414. The van der Waals surface area contributed by atoms with Gasteiger partial charge in [0, 0.05) is 7.05 Å². The summed E-state index contributed by atoms with van der Waals surface area (Å²) in [6, 6.07) is 0. The number of aromatic nitrogens is 2. The molecule has 1 aliphatic carbocycles. The van der Waals surface area contributed by atoms with Crippen molar-refractivity contribution in [1.29, 1.82) is 0 Å². The van der Waals surface area contributed by atoms with Crippen molar-refractivity contribution in [2.24, 2.45) is 0 Å². The van der Waals surface area contributed by atoms with E-state index < -0.39 is 5.91 Å². The molecule has 0 bridgehead atoms. The smallest absolute Gasteiger partial charge is 0.292 e. The Hall–Kier alpha value is -2.22. The van der Waals surface area contributed by atoms with Crippen molar-refractivity contribution >= 4 is 23.2 Å². The molecule has 0 saturated heterocycles. The fraction of sp³-hybridized carbons (Fsp3) is 0.429. The van der Waals surface area contributed by atoms with E-state index in [2.05, 4.69) is 26.2 Å². The fourth-order valence-electron chi connectivity index (χ4n) is 2.48. The van der Waals surface area contributed by atoms with Crippen molar-refractivity contribution in [2.75, 3.05) is 7.05 Å². The summed E-state index contributed by atoms with van der Waals surface area (Å²) in [7, 11) is 1.49. The number of amides is 2. The molecule has 3 rings (SSSR count). The maximum Gasteiger partial charge on any atom is 0.292 e. The molecule has 0 unspecified atom stereocenters. The minimum Gasteiger partial charge on any atom is -0.352 e. The molecule has 0 fully saturated rings. The molecule has 116 valence electrons. The van der Waals surface area contributed by atoms with Crippen LogP contribution in [0.15, 0.2) is 9.90 Å². The molecule has 2 aromatic heterocycles. The van der Waals surface area contributed by atoms with Gasteiger partial charge in [0.05, 0.1) is 11.4 Å². The Kier molecular flexibility index (Phi) is 4.19. The maximum absolute atomic E-state index is 12.3. The molecule has 0 aliphatic heterocycles. The quantitative estimate of drug-likeness (QED) is 0.885. The molecule has 22 heavy (non-hydrogen) atoms. The molecule has 8 heteroatoms. The first-order chi connectivity index (χ1) is 10.7. The molecule has 0 aromatic carbocycles.